The number of hydrogen-bond donors (Lipinski definition) is 2. The van der Waals surface area contributed by atoms with E-state index in [-0.39, 0.29) is 17.9 Å². The Morgan fingerprint density at radius 2 is 2.00 bits per heavy atom. The van der Waals surface area contributed by atoms with Gasteiger partial charge in [-0.05, 0) is 18.9 Å². The van der Waals surface area contributed by atoms with Gasteiger partial charge in [-0.15, -0.1) is 0 Å². The number of aryl methyl sites for hydroxylation is 1. The molecule has 110 valence electrons. The van der Waals surface area contributed by atoms with Crippen LogP contribution in [0.3, 0.4) is 0 Å². The van der Waals surface area contributed by atoms with E-state index in [4.69, 9.17) is 5.11 Å². The standard InChI is InChI=1S/C14H20N2O4/c1-9(2)14(3,7-12(18)19)15-13(20)10-5-6-11(17)16(4)8-10/h5-6,8-9H,7H2,1-4H3,(H,15,20)(H,18,19). The number of amides is 1. The molecule has 0 radical (unpaired) electrons. The predicted octanol–water partition coefficient (Wildman–Crippen LogP) is 1.00. The molecule has 0 fully saturated rings. The van der Waals surface area contributed by atoms with Gasteiger partial charge in [-0.1, -0.05) is 13.8 Å². The molecular weight excluding hydrogens is 260 g/mol. The highest BCUT2D eigenvalue weighted by Crippen LogP contribution is 2.21. The maximum Gasteiger partial charge on any atom is 0.305 e. The van der Waals surface area contributed by atoms with E-state index in [1.54, 1.807) is 14.0 Å². The second-order valence-corrected chi connectivity index (χ2v) is 5.46. The van der Waals surface area contributed by atoms with Gasteiger partial charge in [-0.25, -0.2) is 0 Å². The molecule has 1 amide bonds. The zero-order chi connectivity index (χ0) is 15.5. The van der Waals surface area contributed by atoms with Gasteiger partial charge >= 0.3 is 5.97 Å². The summed E-state index contributed by atoms with van der Waals surface area (Å²) in [6.45, 7) is 5.40. The quantitative estimate of drug-likeness (QED) is 0.842. The second-order valence-electron chi connectivity index (χ2n) is 5.46. The minimum atomic E-state index is -0.970. The number of rotatable bonds is 5. The molecule has 6 heteroatoms. The average Bonchev–Trinajstić information content (AvgIpc) is 2.31. The van der Waals surface area contributed by atoms with E-state index < -0.39 is 17.4 Å². The smallest absolute Gasteiger partial charge is 0.305 e. The molecule has 0 saturated carbocycles. The van der Waals surface area contributed by atoms with Gasteiger partial charge in [-0.3, -0.25) is 14.4 Å². The first kappa shape index (κ1) is 15.9. The summed E-state index contributed by atoms with van der Waals surface area (Å²) < 4.78 is 1.30. The second kappa shape index (κ2) is 5.90. The molecule has 0 aromatic carbocycles. The Bertz CT molecular complexity index is 577. The number of carboxylic acid groups (broad SMARTS) is 1. The number of carboxylic acids is 1. The number of hydrogen-bond acceptors (Lipinski definition) is 3. The highest BCUT2D eigenvalue weighted by atomic mass is 16.4. The number of carbonyl (C=O) groups is 2. The third kappa shape index (κ3) is 3.69. The van der Waals surface area contributed by atoms with Crippen LogP contribution in [0.5, 0.6) is 0 Å². The Labute approximate surface area is 117 Å². The summed E-state index contributed by atoms with van der Waals surface area (Å²) in [6.07, 6.45) is 1.27. The van der Waals surface area contributed by atoms with Crippen LogP contribution >= 0.6 is 0 Å². The maximum atomic E-state index is 12.2. The molecule has 1 unspecified atom stereocenters. The van der Waals surface area contributed by atoms with E-state index in [1.807, 2.05) is 13.8 Å². The van der Waals surface area contributed by atoms with Crippen molar-refractivity contribution in [2.24, 2.45) is 13.0 Å². The van der Waals surface area contributed by atoms with E-state index in [9.17, 15) is 14.4 Å². The fraction of sp³-hybridized carbons (Fsp3) is 0.500. The average molecular weight is 280 g/mol. The predicted molar refractivity (Wildman–Crippen MR) is 74.6 cm³/mol. The Balaban J connectivity index is 2.99. The van der Waals surface area contributed by atoms with Crippen molar-refractivity contribution in [2.45, 2.75) is 32.7 Å². The maximum absolute atomic E-state index is 12.2. The zero-order valence-electron chi connectivity index (χ0n) is 12.1. The first-order chi connectivity index (χ1) is 9.15. The number of pyridine rings is 1. The number of carbonyl (C=O) groups excluding carboxylic acids is 1. The van der Waals surface area contributed by atoms with Gasteiger partial charge in [0.2, 0.25) is 5.56 Å². The lowest BCUT2D eigenvalue weighted by molar-refractivity contribution is -0.138. The molecule has 1 rings (SSSR count). The topological polar surface area (TPSA) is 88.4 Å². The Morgan fingerprint density at radius 3 is 2.45 bits per heavy atom. The molecule has 20 heavy (non-hydrogen) atoms. The summed E-state index contributed by atoms with van der Waals surface area (Å²) in [7, 11) is 1.55. The van der Waals surface area contributed by atoms with E-state index in [2.05, 4.69) is 5.32 Å². The molecule has 1 heterocycles. The van der Waals surface area contributed by atoms with E-state index in [0.717, 1.165) is 0 Å². The third-order valence-corrected chi connectivity index (χ3v) is 3.54. The fourth-order valence-corrected chi connectivity index (χ4v) is 1.77. The van der Waals surface area contributed by atoms with Crippen LogP contribution in [0.1, 0.15) is 37.6 Å². The Kier molecular flexibility index (Phi) is 4.70. The van der Waals surface area contributed by atoms with E-state index in [1.165, 1.54) is 22.9 Å². The van der Waals surface area contributed by atoms with Crippen LogP contribution in [0.15, 0.2) is 23.1 Å². The minimum Gasteiger partial charge on any atom is -0.481 e. The highest BCUT2D eigenvalue weighted by Gasteiger charge is 2.33. The van der Waals surface area contributed by atoms with Crippen molar-refractivity contribution >= 4 is 11.9 Å². The lowest BCUT2D eigenvalue weighted by Gasteiger charge is -2.33. The lowest BCUT2D eigenvalue weighted by Crippen LogP contribution is -2.51. The SMILES string of the molecule is CC(C)C(C)(CC(=O)O)NC(=O)c1ccc(=O)n(C)c1. The molecule has 2 N–H and O–H groups in total. The number of nitrogens with one attached hydrogen (secondary N) is 1. The summed E-state index contributed by atoms with van der Waals surface area (Å²) in [6, 6.07) is 2.73. The van der Waals surface area contributed by atoms with Crippen LogP contribution < -0.4 is 10.9 Å². The molecule has 1 aromatic rings. The molecule has 6 nitrogen and oxygen atoms in total. The normalized spacial score (nSPS) is 13.8. The van der Waals surface area contributed by atoms with Crippen molar-refractivity contribution in [1.82, 2.24) is 9.88 Å². The van der Waals surface area contributed by atoms with Crippen LogP contribution in [0.2, 0.25) is 0 Å². The van der Waals surface area contributed by atoms with Crippen molar-refractivity contribution < 1.29 is 14.7 Å². The number of aromatic nitrogens is 1. The molecular formula is C14H20N2O4. The summed E-state index contributed by atoms with van der Waals surface area (Å²) in [5.41, 5.74) is -0.736. The molecule has 0 aliphatic heterocycles. The van der Waals surface area contributed by atoms with Crippen LogP contribution in [-0.2, 0) is 11.8 Å². The third-order valence-electron chi connectivity index (χ3n) is 3.54. The molecule has 1 atom stereocenters. The van der Waals surface area contributed by atoms with Crippen molar-refractivity contribution in [3.8, 4) is 0 Å². The highest BCUT2D eigenvalue weighted by molar-refractivity contribution is 5.94. The van der Waals surface area contributed by atoms with E-state index >= 15 is 0 Å². The van der Waals surface area contributed by atoms with Crippen molar-refractivity contribution in [3.05, 3.63) is 34.2 Å². The monoisotopic (exact) mass is 280 g/mol. The molecule has 0 bridgehead atoms. The van der Waals surface area contributed by atoms with Gasteiger partial charge in [0.15, 0.2) is 0 Å². The molecule has 0 aliphatic carbocycles. The summed E-state index contributed by atoms with van der Waals surface area (Å²) in [4.78, 5) is 34.4. The van der Waals surface area contributed by atoms with Gasteiger partial charge in [-0.2, -0.15) is 0 Å². The molecule has 1 aromatic heterocycles. The summed E-state index contributed by atoms with van der Waals surface area (Å²) in [5, 5.41) is 11.7. The Morgan fingerprint density at radius 1 is 1.40 bits per heavy atom. The summed E-state index contributed by atoms with van der Waals surface area (Å²) >= 11 is 0. The molecule has 0 saturated heterocycles. The van der Waals surface area contributed by atoms with Gasteiger partial charge in [0.05, 0.1) is 17.5 Å². The summed E-state index contributed by atoms with van der Waals surface area (Å²) in [5.74, 6) is -1.41. The van der Waals surface area contributed by atoms with E-state index in [0.29, 0.717) is 5.56 Å². The van der Waals surface area contributed by atoms with Crippen molar-refractivity contribution in [3.63, 3.8) is 0 Å². The molecule has 0 spiro atoms. The zero-order valence-corrected chi connectivity index (χ0v) is 12.1. The first-order valence-corrected chi connectivity index (χ1v) is 6.36. The number of nitrogens with zero attached hydrogens (tertiary/aromatic N) is 1. The fourth-order valence-electron chi connectivity index (χ4n) is 1.77. The first-order valence-electron chi connectivity index (χ1n) is 6.36. The molecule has 0 aliphatic rings. The van der Waals surface area contributed by atoms with Crippen LogP contribution in [0.25, 0.3) is 0 Å². The van der Waals surface area contributed by atoms with Gasteiger partial charge in [0.1, 0.15) is 0 Å². The van der Waals surface area contributed by atoms with Gasteiger partial charge in [0, 0.05) is 19.3 Å². The largest absolute Gasteiger partial charge is 0.481 e. The van der Waals surface area contributed by atoms with Crippen molar-refractivity contribution in [1.29, 1.82) is 0 Å². The van der Waals surface area contributed by atoms with Gasteiger partial charge < -0.3 is 15.0 Å². The lowest BCUT2D eigenvalue weighted by atomic mass is 9.85. The van der Waals surface area contributed by atoms with Gasteiger partial charge in [0.25, 0.3) is 5.91 Å². The van der Waals surface area contributed by atoms with Crippen molar-refractivity contribution in [2.75, 3.05) is 0 Å². The van der Waals surface area contributed by atoms with Crippen LogP contribution in [0, 0.1) is 5.92 Å². The minimum absolute atomic E-state index is 0.0462. The number of aliphatic carboxylic acids is 1. The van der Waals surface area contributed by atoms with Crippen LogP contribution in [0.4, 0.5) is 0 Å². The van der Waals surface area contributed by atoms with Crippen LogP contribution in [-0.4, -0.2) is 27.1 Å². The Hall–Kier alpha value is -2.11.